The Labute approximate surface area is 94.3 Å². The quantitative estimate of drug-likeness (QED) is 0.629. The number of hydrogen-bond acceptors (Lipinski definition) is 2. The average molecular weight is 214 g/mol. The molecule has 0 spiro atoms. The first kappa shape index (κ1) is 14.7. The molecule has 0 radical (unpaired) electrons. The minimum absolute atomic E-state index is 0.200. The van der Waals surface area contributed by atoms with Crippen molar-refractivity contribution in [2.24, 2.45) is 11.8 Å². The maximum atomic E-state index is 9.71. The Bertz CT molecular complexity index is 162. The Kier molecular flexibility index (Phi) is 7.71. The molecule has 0 aliphatic carbocycles. The Morgan fingerprint density at radius 3 is 2.27 bits per heavy atom. The molecule has 0 aromatic carbocycles. The lowest BCUT2D eigenvalue weighted by atomic mass is 9.85. The van der Waals surface area contributed by atoms with Crippen LogP contribution in [0.5, 0.6) is 0 Å². The minimum atomic E-state index is -0.431. The van der Waals surface area contributed by atoms with Gasteiger partial charge < -0.3 is 9.84 Å². The lowest BCUT2D eigenvalue weighted by Gasteiger charge is -2.30. The van der Waals surface area contributed by atoms with Crippen LogP contribution in [0.25, 0.3) is 0 Å². The second-order valence-corrected chi connectivity index (χ2v) is 4.23. The normalized spacial score (nSPS) is 19.3. The summed E-state index contributed by atoms with van der Waals surface area (Å²) in [6, 6.07) is 0. The van der Waals surface area contributed by atoms with Gasteiger partial charge in [0.2, 0.25) is 0 Å². The molecular formula is C13H26O2. The lowest BCUT2D eigenvalue weighted by Crippen LogP contribution is -2.32. The zero-order valence-electron chi connectivity index (χ0n) is 10.6. The van der Waals surface area contributed by atoms with Crippen molar-refractivity contribution in [3.05, 3.63) is 12.7 Å². The molecule has 0 amide bonds. The van der Waals surface area contributed by atoms with Crippen molar-refractivity contribution >= 4 is 0 Å². The second-order valence-electron chi connectivity index (χ2n) is 4.23. The van der Waals surface area contributed by atoms with Crippen molar-refractivity contribution in [2.45, 2.75) is 52.7 Å². The maximum absolute atomic E-state index is 9.71. The van der Waals surface area contributed by atoms with E-state index in [1.807, 2.05) is 6.92 Å². The van der Waals surface area contributed by atoms with E-state index < -0.39 is 6.10 Å². The molecular weight excluding hydrogens is 188 g/mol. The SMILES string of the molecule is C=CC(O)C(C)C(C)C(CCC)OCC. The van der Waals surface area contributed by atoms with E-state index >= 15 is 0 Å². The van der Waals surface area contributed by atoms with Gasteiger partial charge in [-0.25, -0.2) is 0 Å². The summed E-state index contributed by atoms with van der Waals surface area (Å²) in [5.74, 6) is 0.559. The predicted molar refractivity (Wildman–Crippen MR) is 64.9 cm³/mol. The molecule has 4 atom stereocenters. The number of aliphatic hydroxyl groups is 1. The topological polar surface area (TPSA) is 29.5 Å². The van der Waals surface area contributed by atoms with E-state index in [9.17, 15) is 5.11 Å². The van der Waals surface area contributed by atoms with Crippen LogP contribution in [-0.4, -0.2) is 23.9 Å². The molecule has 15 heavy (non-hydrogen) atoms. The molecule has 0 aromatic rings. The van der Waals surface area contributed by atoms with Crippen molar-refractivity contribution in [1.29, 1.82) is 0 Å². The molecule has 0 fully saturated rings. The molecule has 2 nitrogen and oxygen atoms in total. The molecule has 0 saturated heterocycles. The van der Waals surface area contributed by atoms with Crippen LogP contribution in [0.15, 0.2) is 12.7 Å². The van der Waals surface area contributed by atoms with Crippen molar-refractivity contribution in [2.75, 3.05) is 6.61 Å². The van der Waals surface area contributed by atoms with Gasteiger partial charge in [0.1, 0.15) is 0 Å². The second kappa shape index (κ2) is 7.89. The van der Waals surface area contributed by atoms with Crippen molar-refractivity contribution < 1.29 is 9.84 Å². The van der Waals surface area contributed by atoms with Crippen LogP contribution in [0.3, 0.4) is 0 Å². The van der Waals surface area contributed by atoms with Gasteiger partial charge in [0.25, 0.3) is 0 Å². The van der Waals surface area contributed by atoms with Gasteiger partial charge in [-0.2, -0.15) is 0 Å². The highest BCUT2D eigenvalue weighted by atomic mass is 16.5. The summed E-state index contributed by atoms with van der Waals surface area (Å²) < 4.78 is 5.71. The van der Waals surface area contributed by atoms with Gasteiger partial charge in [-0.1, -0.05) is 33.3 Å². The van der Waals surface area contributed by atoms with Crippen LogP contribution in [0.4, 0.5) is 0 Å². The molecule has 0 aromatic heterocycles. The highest BCUT2D eigenvalue weighted by Crippen LogP contribution is 2.24. The predicted octanol–water partition coefficient (Wildman–Crippen LogP) is 3.01. The number of aliphatic hydroxyl groups excluding tert-OH is 1. The Balaban J connectivity index is 4.32. The number of rotatable bonds is 8. The van der Waals surface area contributed by atoms with E-state index in [1.54, 1.807) is 6.08 Å². The van der Waals surface area contributed by atoms with Gasteiger partial charge in [0, 0.05) is 6.61 Å². The molecule has 0 aliphatic heterocycles. The van der Waals surface area contributed by atoms with Crippen LogP contribution in [-0.2, 0) is 4.74 Å². The molecule has 0 bridgehead atoms. The summed E-state index contributed by atoms with van der Waals surface area (Å²) in [7, 11) is 0. The number of ether oxygens (including phenoxy) is 1. The monoisotopic (exact) mass is 214 g/mol. The first-order chi connectivity index (χ1) is 7.08. The van der Waals surface area contributed by atoms with E-state index in [4.69, 9.17) is 4.74 Å². The third-order valence-corrected chi connectivity index (χ3v) is 3.15. The maximum Gasteiger partial charge on any atom is 0.0747 e. The molecule has 0 saturated carbocycles. The highest BCUT2D eigenvalue weighted by Gasteiger charge is 2.26. The fourth-order valence-electron chi connectivity index (χ4n) is 1.86. The van der Waals surface area contributed by atoms with Crippen molar-refractivity contribution in [1.82, 2.24) is 0 Å². The summed E-state index contributed by atoms with van der Waals surface area (Å²) in [4.78, 5) is 0. The molecule has 0 rings (SSSR count). The van der Waals surface area contributed by atoms with Gasteiger partial charge >= 0.3 is 0 Å². The van der Waals surface area contributed by atoms with Crippen LogP contribution in [0.1, 0.15) is 40.5 Å². The van der Waals surface area contributed by atoms with Crippen LogP contribution in [0.2, 0.25) is 0 Å². The minimum Gasteiger partial charge on any atom is -0.389 e. The van der Waals surface area contributed by atoms with E-state index in [0.717, 1.165) is 19.4 Å². The lowest BCUT2D eigenvalue weighted by molar-refractivity contribution is -0.0165. The van der Waals surface area contributed by atoms with E-state index in [2.05, 4.69) is 27.4 Å². The molecule has 4 unspecified atom stereocenters. The first-order valence-corrected chi connectivity index (χ1v) is 6.00. The van der Waals surface area contributed by atoms with Crippen LogP contribution in [0, 0.1) is 11.8 Å². The molecule has 2 heteroatoms. The van der Waals surface area contributed by atoms with Crippen LogP contribution >= 0.6 is 0 Å². The van der Waals surface area contributed by atoms with Gasteiger partial charge in [-0.05, 0) is 25.2 Å². The fourth-order valence-corrected chi connectivity index (χ4v) is 1.86. The zero-order chi connectivity index (χ0) is 11.8. The van der Waals surface area contributed by atoms with E-state index in [-0.39, 0.29) is 12.0 Å². The first-order valence-electron chi connectivity index (χ1n) is 6.00. The standard InChI is InChI=1S/C13H26O2/c1-6-9-13(15-8-3)11(5)10(4)12(14)7-2/h7,10-14H,2,6,8-9H2,1,3-5H3. The summed E-state index contributed by atoms with van der Waals surface area (Å²) >= 11 is 0. The Morgan fingerprint density at radius 2 is 1.87 bits per heavy atom. The summed E-state index contributed by atoms with van der Waals surface area (Å²) in [6.45, 7) is 12.7. The van der Waals surface area contributed by atoms with Gasteiger partial charge in [0.15, 0.2) is 0 Å². The largest absolute Gasteiger partial charge is 0.389 e. The Morgan fingerprint density at radius 1 is 1.27 bits per heavy atom. The van der Waals surface area contributed by atoms with E-state index in [0.29, 0.717) is 5.92 Å². The van der Waals surface area contributed by atoms with Crippen LogP contribution < -0.4 is 0 Å². The molecule has 0 aliphatic rings. The summed E-state index contributed by atoms with van der Waals surface area (Å²) in [5.41, 5.74) is 0. The highest BCUT2D eigenvalue weighted by molar-refractivity contribution is 4.86. The average Bonchev–Trinajstić information content (AvgIpc) is 2.25. The number of hydrogen-bond donors (Lipinski definition) is 1. The fraction of sp³-hybridized carbons (Fsp3) is 0.846. The van der Waals surface area contributed by atoms with Crippen molar-refractivity contribution in [3.63, 3.8) is 0 Å². The smallest absolute Gasteiger partial charge is 0.0747 e. The summed E-state index contributed by atoms with van der Waals surface area (Å²) in [6.07, 6.45) is 3.61. The zero-order valence-corrected chi connectivity index (χ0v) is 10.6. The molecule has 0 heterocycles. The third-order valence-electron chi connectivity index (χ3n) is 3.15. The molecule has 1 N–H and O–H groups in total. The van der Waals surface area contributed by atoms with Gasteiger partial charge in [-0.3, -0.25) is 0 Å². The third kappa shape index (κ3) is 4.80. The molecule has 90 valence electrons. The van der Waals surface area contributed by atoms with Crippen molar-refractivity contribution in [3.8, 4) is 0 Å². The Hall–Kier alpha value is -0.340. The summed E-state index contributed by atoms with van der Waals surface area (Å²) in [5, 5.41) is 9.71. The van der Waals surface area contributed by atoms with Gasteiger partial charge in [0.05, 0.1) is 12.2 Å². The van der Waals surface area contributed by atoms with E-state index in [1.165, 1.54) is 0 Å². The van der Waals surface area contributed by atoms with Gasteiger partial charge in [-0.15, -0.1) is 6.58 Å².